The van der Waals surface area contributed by atoms with E-state index in [0.717, 1.165) is 12.2 Å². The molecule has 2 amide bonds. The summed E-state index contributed by atoms with van der Waals surface area (Å²) < 4.78 is 5.49. The number of nitrogens with zero attached hydrogens (tertiary/aromatic N) is 2. The normalized spacial score (nSPS) is 14.1. The molecular weight excluding hydrogens is 354 g/mol. The zero-order valence-corrected chi connectivity index (χ0v) is 16.4. The van der Waals surface area contributed by atoms with Crippen LogP contribution in [-0.4, -0.2) is 44.1 Å². The van der Waals surface area contributed by atoms with Gasteiger partial charge in [-0.15, -0.1) is 0 Å². The second kappa shape index (κ2) is 9.26. The molecule has 6 heteroatoms. The molecule has 0 radical (unpaired) electrons. The van der Waals surface area contributed by atoms with Crippen LogP contribution in [0.1, 0.15) is 20.3 Å². The molecule has 0 aromatic heterocycles. The van der Waals surface area contributed by atoms with Crippen molar-refractivity contribution in [1.29, 1.82) is 0 Å². The Kier molecular flexibility index (Phi) is 6.53. The number of likely N-dealkylation sites (N-methyl/N-ethyl adjacent to an activating group) is 1. The van der Waals surface area contributed by atoms with Crippen molar-refractivity contribution in [2.24, 2.45) is 0 Å². The zero-order valence-electron chi connectivity index (χ0n) is 16.4. The Morgan fingerprint density at radius 1 is 1.14 bits per heavy atom. The highest BCUT2D eigenvalue weighted by molar-refractivity contribution is 6.03. The van der Waals surface area contributed by atoms with Gasteiger partial charge in [-0.2, -0.15) is 0 Å². The van der Waals surface area contributed by atoms with Gasteiger partial charge in [-0.05, 0) is 37.6 Å². The lowest BCUT2D eigenvalue weighted by Crippen LogP contribution is -2.53. The van der Waals surface area contributed by atoms with Crippen molar-refractivity contribution in [2.75, 3.05) is 36.0 Å². The second-order valence-electron chi connectivity index (χ2n) is 6.65. The van der Waals surface area contributed by atoms with Gasteiger partial charge in [0.05, 0.1) is 5.69 Å². The van der Waals surface area contributed by atoms with E-state index < -0.39 is 6.04 Å². The number of para-hydroxylation sites is 3. The average Bonchev–Trinajstić information content (AvgIpc) is 2.74. The number of anilines is 2. The number of hydrogen-bond acceptors (Lipinski definition) is 4. The Morgan fingerprint density at radius 2 is 1.86 bits per heavy atom. The Bertz CT molecular complexity index is 810. The summed E-state index contributed by atoms with van der Waals surface area (Å²) in [5.74, 6) is 0.298. The fraction of sp³-hybridized carbons (Fsp3) is 0.364. The molecule has 3 rings (SSSR count). The molecule has 1 aliphatic heterocycles. The van der Waals surface area contributed by atoms with Crippen molar-refractivity contribution in [3.63, 3.8) is 0 Å². The molecule has 0 spiro atoms. The maximum Gasteiger partial charge on any atom is 0.265 e. The van der Waals surface area contributed by atoms with Gasteiger partial charge in [-0.1, -0.05) is 37.3 Å². The molecule has 148 valence electrons. The first-order chi connectivity index (χ1) is 13.7. The lowest BCUT2D eigenvalue weighted by molar-refractivity contribution is -0.127. The van der Waals surface area contributed by atoms with Crippen LogP contribution in [0.4, 0.5) is 11.4 Å². The maximum absolute atomic E-state index is 12.9. The van der Waals surface area contributed by atoms with Gasteiger partial charge in [0.1, 0.15) is 11.8 Å². The molecule has 6 nitrogen and oxygen atoms in total. The monoisotopic (exact) mass is 381 g/mol. The van der Waals surface area contributed by atoms with Gasteiger partial charge in [0.25, 0.3) is 5.91 Å². The number of carbonyl (C=O) groups is 2. The topological polar surface area (TPSA) is 61.9 Å². The molecule has 1 unspecified atom stereocenters. The molecule has 2 aromatic carbocycles. The minimum absolute atomic E-state index is 0.0432. The number of amides is 2. The molecule has 0 bridgehead atoms. The van der Waals surface area contributed by atoms with Gasteiger partial charge in [-0.3, -0.25) is 14.5 Å². The van der Waals surface area contributed by atoms with Crippen LogP contribution in [0.2, 0.25) is 0 Å². The molecular formula is C22H27N3O3. The second-order valence-corrected chi connectivity index (χ2v) is 6.65. The van der Waals surface area contributed by atoms with Gasteiger partial charge in [-0.25, -0.2) is 0 Å². The van der Waals surface area contributed by atoms with E-state index in [4.69, 9.17) is 4.74 Å². The summed E-state index contributed by atoms with van der Waals surface area (Å²) in [5.41, 5.74) is 1.78. The number of ether oxygens (including phenoxy) is 1. The van der Waals surface area contributed by atoms with Crippen molar-refractivity contribution >= 4 is 23.2 Å². The quantitative estimate of drug-likeness (QED) is 0.764. The number of fused-ring (bicyclic) bond motifs is 1. The van der Waals surface area contributed by atoms with E-state index in [2.05, 4.69) is 29.3 Å². The minimum Gasteiger partial charge on any atom is -0.482 e. The van der Waals surface area contributed by atoms with E-state index in [1.54, 1.807) is 4.90 Å². The van der Waals surface area contributed by atoms with Crippen molar-refractivity contribution in [2.45, 2.75) is 26.3 Å². The van der Waals surface area contributed by atoms with E-state index in [9.17, 15) is 9.59 Å². The molecule has 0 aliphatic carbocycles. The standard InChI is InChI=1S/C22H27N3O3/c1-3-18(25-19-12-8-9-13-20(19)28-16-21(25)26)22(27)23-14-15-24(4-2)17-10-6-5-7-11-17/h5-13,18H,3-4,14-16H2,1-2H3,(H,23,27). The first-order valence-corrected chi connectivity index (χ1v) is 9.77. The molecule has 0 saturated heterocycles. The van der Waals surface area contributed by atoms with Crippen LogP contribution < -0.4 is 19.9 Å². The third-order valence-electron chi connectivity index (χ3n) is 4.93. The summed E-state index contributed by atoms with van der Waals surface area (Å²) in [6.07, 6.45) is 0.530. The van der Waals surface area contributed by atoms with E-state index >= 15 is 0 Å². The highest BCUT2D eigenvalue weighted by atomic mass is 16.5. The molecule has 0 saturated carbocycles. The van der Waals surface area contributed by atoms with E-state index in [1.807, 2.05) is 49.4 Å². The minimum atomic E-state index is -0.552. The Hall–Kier alpha value is -3.02. The third kappa shape index (κ3) is 4.27. The molecule has 28 heavy (non-hydrogen) atoms. The number of benzene rings is 2. The van der Waals surface area contributed by atoms with Gasteiger partial charge in [0, 0.05) is 25.3 Å². The SMILES string of the molecule is CCC(C(=O)NCCN(CC)c1ccccc1)N1C(=O)COc2ccccc21. The highest BCUT2D eigenvalue weighted by Crippen LogP contribution is 2.33. The summed E-state index contributed by atoms with van der Waals surface area (Å²) in [6, 6.07) is 16.9. The van der Waals surface area contributed by atoms with Gasteiger partial charge < -0.3 is 15.0 Å². The van der Waals surface area contributed by atoms with Gasteiger partial charge in [0.15, 0.2) is 6.61 Å². The predicted molar refractivity (Wildman–Crippen MR) is 111 cm³/mol. The number of carbonyl (C=O) groups excluding carboxylic acids is 2. The molecule has 0 fully saturated rings. The maximum atomic E-state index is 12.9. The number of hydrogen-bond donors (Lipinski definition) is 1. The van der Waals surface area contributed by atoms with Crippen molar-refractivity contribution in [3.05, 3.63) is 54.6 Å². The fourth-order valence-electron chi connectivity index (χ4n) is 3.49. The van der Waals surface area contributed by atoms with E-state index in [0.29, 0.717) is 30.9 Å². The van der Waals surface area contributed by atoms with Crippen molar-refractivity contribution < 1.29 is 14.3 Å². The van der Waals surface area contributed by atoms with Crippen molar-refractivity contribution in [3.8, 4) is 5.75 Å². The first-order valence-electron chi connectivity index (χ1n) is 9.77. The third-order valence-corrected chi connectivity index (χ3v) is 4.93. The molecule has 2 aromatic rings. The average molecular weight is 381 g/mol. The predicted octanol–water partition coefficient (Wildman–Crippen LogP) is 2.83. The molecule has 1 atom stereocenters. The summed E-state index contributed by atoms with van der Waals surface area (Å²) in [5, 5.41) is 3.00. The van der Waals surface area contributed by atoms with Crippen LogP contribution in [0.15, 0.2) is 54.6 Å². The number of nitrogens with one attached hydrogen (secondary N) is 1. The Balaban J connectivity index is 1.65. The first kappa shape index (κ1) is 19.7. The van der Waals surface area contributed by atoms with Gasteiger partial charge >= 0.3 is 0 Å². The van der Waals surface area contributed by atoms with Crippen LogP contribution in [0, 0.1) is 0 Å². The lowest BCUT2D eigenvalue weighted by Gasteiger charge is -2.34. The summed E-state index contributed by atoms with van der Waals surface area (Å²) in [6.45, 7) is 6.03. The summed E-state index contributed by atoms with van der Waals surface area (Å²) in [4.78, 5) is 29.1. The lowest BCUT2D eigenvalue weighted by atomic mass is 10.1. The van der Waals surface area contributed by atoms with Crippen molar-refractivity contribution in [1.82, 2.24) is 5.32 Å². The Labute approximate surface area is 166 Å². The van der Waals surface area contributed by atoms with Crippen LogP contribution in [-0.2, 0) is 9.59 Å². The fourth-order valence-corrected chi connectivity index (χ4v) is 3.49. The van der Waals surface area contributed by atoms with E-state index in [1.165, 1.54) is 0 Å². The Morgan fingerprint density at radius 3 is 2.57 bits per heavy atom. The summed E-state index contributed by atoms with van der Waals surface area (Å²) >= 11 is 0. The molecule has 1 aliphatic rings. The van der Waals surface area contributed by atoms with Crippen LogP contribution >= 0.6 is 0 Å². The van der Waals surface area contributed by atoms with Gasteiger partial charge in [0.2, 0.25) is 5.91 Å². The van der Waals surface area contributed by atoms with Crippen LogP contribution in [0.5, 0.6) is 5.75 Å². The molecule has 1 N–H and O–H groups in total. The largest absolute Gasteiger partial charge is 0.482 e. The smallest absolute Gasteiger partial charge is 0.265 e. The van der Waals surface area contributed by atoms with Crippen LogP contribution in [0.3, 0.4) is 0 Å². The number of rotatable bonds is 8. The molecule has 1 heterocycles. The van der Waals surface area contributed by atoms with E-state index in [-0.39, 0.29) is 18.4 Å². The summed E-state index contributed by atoms with van der Waals surface area (Å²) in [7, 11) is 0. The van der Waals surface area contributed by atoms with Crippen LogP contribution in [0.25, 0.3) is 0 Å². The zero-order chi connectivity index (χ0) is 19.9. The highest BCUT2D eigenvalue weighted by Gasteiger charge is 2.34.